The molecule has 3 heteroatoms. The van der Waals surface area contributed by atoms with Crippen LogP contribution in [-0.4, -0.2) is 13.1 Å². The van der Waals surface area contributed by atoms with Crippen molar-refractivity contribution in [2.24, 2.45) is 0 Å². The average molecular weight is 267 g/mol. The summed E-state index contributed by atoms with van der Waals surface area (Å²) < 4.78 is 4.71. The van der Waals surface area contributed by atoms with E-state index in [-0.39, 0.29) is 5.97 Å². The third-order valence-electron chi connectivity index (χ3n) is 2.96. The Morgan fingerprint density at radius 3 is 2.35 bits per heavy atom. The van der Waals surface area contributed by atoms with Crippen molar-refractivity contribution in [2.45, 2.75) is 6.92 Å². The highest BCUT2D eigenvalue weighted by Gasteiger charge is 2.06. The van der Waals surface area contributed by atoms with E-state index >= 15 is 0 Å². The van der Waals surface area contributed by atoms with E-state index in [2.05, 4.69) is 5.32 Å². The quantitative estimate of drug-likeness (QED) is 0.679. The van der Waals surface area contributed by atoms with E-state index in [9.17, 15) is 4.79 Å². The Morgan fingerprint density at radius 2 is 1.70 bits per heavy atom. The molecule has 0 saturated heterocycles. The number of ether oxygens (including phenoxy) is 1. The molecular formula is C17H17NO2. The summed E-state index contributed by atoms with van der Waals surface area (Å²) in [6.07, 6.45) is 1.46. The zero-order valence-electron chi connectivity index (χ0n) is 11.6. The van der Waals surface area contributed by atoms with Gasteiger partial charge in [0.05, 0.1) is 12.8 Å². The minimum atomic E-state index is -0.384. The van der Waals surface area contributed by atoms with Crippen LogP contribution in [0.25, 0.3) is 5.70 Å². The molecule has 0 saturated carbocycles. The molecule has 3 nitrogen and oxygen atoms in total. The van der Waals surface area contributed by atoms with E-state index in [0.29, 0.717) is 5.70 Å². The zero-order chi connectivity index (χ0) is 14.4. The summed E-state index contributed by atoms with van der Waals surface area (Å²) in [6, 6.07) is 17.6. The summed E-state index contributed by atoms with van der Waals surface area (Å²) in [5, 5.41) is 3.29. The fourth-order valence-corrected chi connectivity index (χ4v) is 1.84. The van der Waals surface area contributed by atoms with E-state index in [1.807, 2.05) is 61.5 Å². The lowest BCUT2D eigenvalue weighted by molar-refractivity contribution is -0.134. The van der Waals surface area contributed by atoms with Gasteiger partial charge in [-0.05, 0) is 24.1 Å². The van der Waals surface area contributed by atoms with Crippen molar-refractivity contribution in [3.05, 3.63) is 71.8 Å². The maximum atomic E-state index is 11.5. The molecule has 20 heavy (non-hydrogen) atoms. The van der Waals surface area contributed by atoms with Gasteiger partial charge in [-0.1, -0.05) is 48.5 Å². The maximum Gasteiger partial charge on any atom is 0.332 e. The predicted molar refractivity (Wildman–Crippen MR) is 81.2 cm³/mol. The molecule has 0 atom stereocenters. The van der Waals surface area contributed by atoms with Gasteiger partial charge in [-0.3, -0.25) is 0 Å². The van der Waals surface area contributed by atoms with Crippen LogP contribution in [0.4, 0.5) is 5.69 Å². The van der Waals surface area contributed by atoms with Crippen LogP contribution in [0, 0.1) is 6.92 Å². The highest BCUT2D eigenvalue weighted by molar-refractivity contribution is 5.94. The molecule has 0 radical (unpaired) electrons. The van der Waals surface area contributed by atoms with Crippen LogP contribution in [0.3, 0.4) is 0 Å². The number of aryl methyl sites for hydroxylation is 1. The van der Waals surface area contributed by atoms with Crippen molar-refractivity contribution in [2.75, 3.05) is 12.4 Å². The molecule has 0 fully saturated rings. The number of esters is 1. The molecule has 2 aromatic carbocycles. The Balaban J connectivity index is 2.36. The highest BCUT2D eigenvalue weighted by atomic mass is 16.5. The van der Waals surface area contributed by atoms with Crippen molar-refractivity contribution < 1.29 is 9.53 Å². The van der Waals surface area contributed by atoms with Gasteiger partial charge < -0.3 is 10.1 Å². The van der Waals surface area contributed by atoms with Gasteiger partial charge >= 0.3 is 5.97 Å². The second kappa shape index (κ2) is 6.57. The SMILES string of the molecule is COC(=O)/C=C(\Nc1ccccc1C)c1ccccc1. The van der Waals surface area contributed by atoms with Crippen molar-refractivity contribution in [3.8, 4) is 0 Å². The largest absolute Gasteiger partial charge is 0.466 e. The lowest BCUT2D eigenvalue weighted by Crippen LogP contribution is -2.05. The van der Waals surface area contributed by atoms with Gasteiger partial charge in [0, 0.05) is 11.8 Å². The van der Waals surface area contributed by atoms with Crippen molar-refractivity contribution in [1.82, 2.24) is 0 Å². The second-order valence-electron chi connectivity index (χ2n) is 4.39. The normalized spacial score (nSPS) is 11.0. The van der Waals surface area contributed by atoms with Gasteiger partial charge in [0.2, 0.25) is 0 Å². The smallest absolute Gasteiger partial charge is 0.332 e. The molecule has 1 N–H and O–H groups in total. The Kier molecular flexibility index (Phi) is 4.56. The molecule has 2 aromatic rings. The number of hydrogen-bond acceptors (Lipinski definition) is 3. The summed E-state index contributed by atoms with van der Waals surface area (Å²) in [4.78, 5) is 11.5. The summed E-state index contributed by atoms with van der Waals surface area (Å²) in [6.45, 7) is 2.02. The zero-order valence-corrected chi connectivity index (χ0v) is 11.6. The number of methoxy groups -OCH3 is 1. The summed E-state index contributed by atoms with van der Waals surface area (Å²) >= 11 is 0. The van der Waals surface area contributed by atoms with E-state index in [1.165, 1.54) is 13.2 Å². The molecule has 0 aliphatic heterocycles. The third kappa shape index (κ3) is 3.48. The second-order valence-corrected chi connectivity index (χ2v) is 4.39. The fraction of sp³-hybridized carbons (Fsp3) is 0.118. The molecule has 0 spiro atoms. The minimum Gasteiger partial charge on any atom is -0.466 e. The number of nitrogens with one attached hydrogen (secondary N) is 1. The molecule has 102 valence electrons. The van der Waals surface area contributed by atoms with Crippen LogP contribution in [0.1, 0.15) is 11.1 Å². The topological polar surface area (TPSA) is 38.3 Å². The third-order valence-corrected chi connectivity index (χ3v) is 2.96. The van der Waals surface area contributed by atoms with Crippen molar-refractivity contribution in [1.29, 1.82) is 0 Å². The Hall–Kier alpha value is -2.55. The number of carbonyl (C=O) groups is 1. The fourth-order valence-electron chi connectivity index (χ4n) is 1.84. The van der Waals surface area contributed by atoms with Gasteiger partial charge in [0.15, 0.2) is 0 Å². The number of anilines is 1. The minimum absolute atomic E-state index is 0.384. The van der Waals surface area contributed by atoms with E-state index < -0.39 is 0 Å². The van der Waals surface area contributed by atoms with Crippen molar-refractivity contribution >= 4 is 17.4 Å². The van der Waals surface area contributed by atoms with Crippen LogP contribution in [0.2, 0.25) is 0 Å². The molecule has 0 heterocycles. The number of hydrogen-bond donors (Lipinski definition) is 1. The molecule has 2 rings (SSSR count). The molecule has 0 amide bonds. The number of benzene rings is 2. The molecule has 0 unspecified atom stereocenters. The summed E-state index contributed by atoms with van der Waals surface area (Å²) in [7, 11) is 1.37. The lowest BCUT2D eigenvalue weighted by Gasteiger charge is -2.13. The highest BCUT2D eigenvalue weighted by Crippen LogP contribution is 2.21. The van der Waals surface area contributed by atoms with Crippen LogP contribution < -0.4 is 5.32 Å². The van der Waals surface area contributed by atoms with Crippen molar-refractivity contribution in [3.63, 3.8) is 0 Å². The Labute approximate surface area is 118 Å². The van der Waals surface area contributed by atoms with Gasteiger partial charge in [0.1, 0.15) is 0 Å². The van der Waals surface area contributed by atoms with Gasteiger partial charge in [0.25, 0.3) is 0 Å². The molecule has 0 bridgehead atoms. The van der Waals surface area contributed by atoms with E-state index in [1.54, 1.807) is 0 Å². The molecule has 0 aliphatic carbocycles. The lowest BCUT2D eigenvalue weighted by atomic mass is 10.1. The van der Waals surface area contributed by atoms with Gasteiger partial charge in [-0.15, -0.1) is 0 Å². The van der Waals surface area contributed by atoms with Gasteiger partial charge in [-0.25, -0.2) is 4.79 Å². The first-order chi connectivity index (χ1) is 9.70. The van der Waals surface area contributed by atoms with Crippen LogP contribution in [0.5, 0.6) is 0 Å². The standard InChI is InChI=1S/C17H17NO2/c1-13-8-6-7-11-15(13)18-16(12-17(19)20-2)14-9-4-3-5-10-14/h3-12,18H,1-2H3/b16-12-. The number of rotatable bonds is 4. The van der Waals surface area contributed by atoms with E-state index in [4.69, 9.17) is 4.74 Å². The first-order valence-electron chi connectivity index (χ1n) is 6.38. The van der Waals surface area contributed by atoms with Crippen LogP contribution in [0.15, 0.2) is 60.7 Å². The van der Waals surface area contributed by atoms with Gasteiger partial charge in [-0.2, -0.15) is 0 Å². The number of carbonyl (C=O) groups excluding carboxylic acids is 1. The van der Waals surface area contributed by atoms with E-state index in [0.717, 1.165) is 16.8 Å². The Bertz CT molecular complexity index is 618. The first-order valence-corrected chi connectivity index (χ1v) is 6.38. The molecule has 0 aliphatic rings. The van der Waals surface area contributed by atoms with Crippen LogP contribution >= 0.6 is 0 Å². The average Bonchev–Trinajstić information content (AvgIpc) is 2.49. The molecular weight excluding hydrogens is 250 g/mol. The predicted octanol–water partition coefficient (Wildman–Crippen LogP) is 3.62. The summed E-state index contributed by atoms with van der Waals surface area (Å²) in [5.41, 5.74) is 3.72. The monoisotopic (exact) mass is 267 g/mol. The number of para-hydroxylation sites is 1. The van der Waals surface area contributed by atoms with Crippen LogP contribution in [-0.2, 0) is 9.53 Å². The maximum absolute atomic E-state index is 11.5. The summed E-state index contributed by atoms with van der Waals surface area (Å²) in [5.74, 6) is -0.384. The first kappa shape index (κ1) is 13.9. The molecule has 0 aromatic heterocycles. The Morgan fingerprint density at radius 1 is 1.05 bits per heavy atom.